The van der Waals surface area contributed by atoms with Gasteiger partial charge in [0.1, 0.15) is 0 Å². The molecule has 3 nitrogen and oxygen atoms in total. The molecule has 0 radical (unpaired) electrons. The van der Waals surface area contributed by atoms with Crippen molar-refractivity contribution in [1.82, 2.24) is 10.2 Å². The third-order valence-electron chi connectivity index (χ3n) is 3.14. The molecule has 0 unspecified atom stereocenters. The molecule has 1 saturated heterocycles. The van der Waals surface area contributed by atoms with Crippen molar-refractivity contribution in [2.75, 3.05) is 19.6 Å². The molecule has 0 bridgehead atoms. The average Bonchev–Trinajstić information content (AvgIpc) is 2.29. The molecule has 1 heterocycles. The monoisotopic (exact) mass is 218 g/mol. The molecule has 0 aliphatic carbocycles. The summed E-state index contributed by atoms with van der Waals surface area (Å²) in [6.07, 6.45) is 0. The second-order valence-corrected chi connectivity index (χ2v) is 4.37. The van der Waals surface area contributed by atoms with Crippen molar-refractivity contribution in [2.24, 2.45) is 0 Å². The Bertz CT molecular complexity index is 389. The summed E-state index contributed by atoms with van der Waals surface area (Å²) >= 11 is 0. The molecular weight excluding hydrogens is 200 g/mol. The maximum atomic E-state index is 12.3. The molecule has 1 amide bonds. The Morgan fingerprint density at radius 2 is 2.19 bits per heavy atom. The van der Waals surface area contributed by atoms with Gasteiger partial charge in [-0.25, -0.2) is 0 Å². The van der Waals surface area contributed by atoms with Gasteiger partial charge in [0, 0.05) is 31.2 Å². The lowest BCUT2D eigenvalue weighted by molar-refractivity contribution is 0.0655. The number of carbonyl (C=O) groups is 1. The first kappa shape index (κ1) is 11.1. The lowest BCUT2D eigenvalue weighted by atomic mass is 10.1. The number of nitrogens with zero attached hydrogens (tertiary/aromatic N) is 1. The number of amides is 1. The molecule has 1 N–H and O–H groups in total. The van der Waals surface area contributed by atoms with Gasteiger partial charge in [0.15, 0.2) is 0 Å². The predicted octanol–water partition coefficient (Wildman–Crippen LogP) is 1.43. The van der Waals surface area contributed by atoms with Crippen molar-refractivity contribution in [3.8, 4) is 0 Å². The Labute approximate surface area is 96.5 Å². The molecule has 86 valence electrons. The molecule has 1 fully saturated rings. The van der Waals surface area contributed by atoms with Gasteiger partial charge in [0.25, 0.3) is 5.91 Å². The summed E-state index contributed by atoms with van der Waals surface area (Å²) < 4.78 is 0. The van der Waals surface area contributed by atoms with E-state index in [1.54, 1.807) is 0 Å². The Hall–Kier alpha value is -1.35. The quantitative estimate of drug-likeness (QED) is 0.773. The van der Waals surface area contributed by atoms with Crippen molar-refractivity contribution < 1.29 is 4.79 Å². The highest BCUT2D eigenvalue weighted by Crippen LogP contribution is 2.13. The summed E-state index contributed by atoms with van der Waals surface area (Å²) in [7, 11) is 0. The van der Waals surface area contributed by atoms with E-state index in [2.05, 4.69) is 12.2 Å². The first-order valence-electron chi connectivity index (χ1n) is 5.77. The fourth-order valence-corrected chi connectivity index (χ4v) is 2.11. The van der Waals surface area contributed by atoms with Gasteiger partial charge in [-0.2, -0.15) is 0 Å². The van der Waals surface area contributed by atoms with E-state index in [1.807, 2.05) is 36.1 Å². The molecule has 1 aliphatic heterocycles. The summed E-state index contributed by atoms with van der Waals surface area (Å²) in [5, 5.41) is 3.29. The second kappa shape index (κ2) is 4.66. The molecular formula is C13H18N2O. The first-order chi connectivity index (χ1) is 7.70. The summed E-state index contributed by atoms with van der Waals surface area (Å²) in [6, 6.07) is 8.06. The summed E-state index contributed by atoms with van der Waals surface area (Å²) in [5.41, 5.74) is 1.88. The number of rotatable bonds is 1. The molecule has 1 aliphatic rings. The zero-order chi connectivity index (χ0) is 11.5. The highest BCUT2D eigenvalue weighted by molar-refractivity contribution is 5.95. The highest BCUT2D eigenvalue weighted by Gasteiger charge is 2.24. The van der Waals surface area contributed by atoms with Crippen molar-refractivity contribution in [3.05, 3.63) is 35.4 Å². The van der Waals surface area contributed by atoms with Gasteiger partial charge in [-0.3, -0.25) is 4.79 Å². The smallest absolute Gasteiger partial charge is 0.254 e. The number of hydrogen-bond donors (Lipinski definition) is 1. The number of benzene rings is 1. The summed E-state index contributed by atoms with van der Waals surface area (Å²) in [5.74, 6) is 0.159. The zero-order valence-corrected chi connectivity index (χ0v) is 9.86. The Kier molecular flexibility index (Phi) is 3.25. The zero-order valence-electron chi connectivity index (χ0n) is 9.86. The number of carbonyl (C=O) groups excluding carboxylic acids is 1. The van der Waals surface area contributed by atoms with Crippen LogP contribution in [-0.2, 0) is 0 Å². The van der Waals surface area contributed by atoms with Crippen molar-refractivity contribution in [1.29, 1.82) is 0 Å². The van der Waals surface area contributed by atoms with Crippen LogP contribution in [-0.4, -0.2) is 36.5 Å². The van der Waals surface area contributed by atoms with E-state index in [4.69, 9.17) is 0 Å². The minimum atomic E-state index is 0.159. The van der Waals surface area contributed by atoms with E-state index >= 15 is 0 Å². The van der Waals surface area contributed by atoms with Crippen molar-refractivity contribution in [3.63, 3.8) is 0 Å². The Morgan fingerprint density at radius 1 is 1.44 bits per heavy atom. The van der Waals surface area contributed by atoms with E-state index in [0.717, 1.165) is 30.8 Å². The third-order valence-corrected chi connectivity index (χ3v) is 3.14. The fraction of sp³-hybridized carbons (Fsp3) is 0.462. The van der Waals surface area contributed by atoms with Crippen molar-refractivity contribution >= 4 is 5.91 Å². The van der Waals surface area contributed by atoms with Gasteiger partial charge < -0.3 is 10.2 Å². The van der Waals surface area contributed by atoms with Crippen LogP contribution >= 0.6 is 0 Å². The van der Waals surface area contributed by atoms with Crippen molar-refractivity contribution in [2.45, 2.75) is 19.9 Å². The van der Waals surface area contributed by atoms with Crippen LogP contribution in [0.2, 0.25) is 0 Å². The van der Waals surface area contributed by atoms with Gasteiger partial charge in [0.05, 0.1) is 0 Å². The Balaban J connectivity index is 2.21. The molecule has 1 aromatic carbocycles. The fourth-order valence-electron chi connectivity index (χ4n) is 2.11. The van der Waals surface area contributed by atoms with Crippen LogP contribution in [0.1, 0.15) is 22.8 Å². The minimum Gasteiger partial charge on any atom is -0.333 e. The van der Waals surface area contributed by atoms with E-state index < -0.39 is 0 Å². The highest BCUT2D eigenvalue weighted by atomic mass is 16.2. The predicted molar refractivity (Wildman–Crippen MR) is 64.5 cm³/mol. The Morgan fingerprint density at radius 3 is 2.88 bits per heavy atom. The number of piperazine rings is 1. The second-order valence-electron chi connectivity index (χ2n) is 4.37. The van der Waals surface area contributed by atoms with Gasteiger partial charge in [-0.1, -0.05) is 18.2 Å². The van der Waals surface area contributed by atoms with E-state index in [-0.39, 0.29) is 11.9 Å². The third kappa shape index (κ3) is 2.09. The molecule has 3 heteroatoms. The molecule has 0 aromatic heterocycles. The number of hydrogen-bond acceptors (Lipinski definition) is 2. The molecule has 0 saturated carbocycles. The lowest BCUT2D eigenvalue weighted by Crippen LogP contribution is -2.52. The van der Waals surface area contributed by atoms with Gasteiger partial charge in [-0.05, 0) is 25.5 Å². The number of aryl methyl sites for hydroxylation is 1. The minimum absolute atomic E-state index is 0.159. The summed E-state index contributed by atoms with van der Waals surface area (Å²) in [6.45, 7) is 6.65. The normalized spacial score (nSPS) is 20.9. The molecule has 0 spiro atoms. The van der Waals surface area contributed by atoms with Crippen LogP contribution in [0.3, 0.4) is 0 Å². The molecule has 16 heavy (non-hydrogen) atoms. The lowest BCUT2D eigenvalue weighted by Gasteiger charge is -2.34. The molecule has 1 aromatic rings. The standard InChI is InChI=1S/C13H18N2O/c1-10-5-3-4-6-12(10)13(16)15-8-7-14-9-11(15)2/h3-6,11,14H,7-9H2,1-2H3/t11-/m1/s1. The van der Waals surface area contributed by atoms with Crippen LogP contribution in [0, 0.1) is 6.92 Å². The maximum Gasteiger partial charge on any atom is 0.254 e. The van der Waals surface area contributed by atoms with Crippen LogP contribution in [0.25, 0.3) is 0 Å². The van der Waals surface area contributed by atoms with Gasteiger partial charge >= 0.3 is 0 Å². The van der Waals surface area contributed by atoms with Crippen LogP contribution in [0.4, 0.5) is 0 Å². The molecule has 1 atom stereocenters. The maximum absolute atomic E-state index is 12.3. The van der Waals surface area contributed by atoms with E-state index in [1.165, 1.54) is 0 Å². The largest absolute Gasteiger partial charge is 0.333 e. The first-order valence-corrected chi connectivity index (χ1v) is 5.77. The van der Waals surface area contributed by atoms with Crippen LogP contribution in [0.5, 0.6) is 0 Å². The molecule has 2 rings (SSSR count). The van der Waals surface area contributed by atoms with Crippen LogP contribution < -0.4 is 5.32 Å². The van der Waals surface area contributed by atoms with Gasteiger partial charge in [-0.15, -0.1) is 0 Å². The topological polar surface area (TPSA) is 32.3 Å². The number of nitrogens with one attached hydrogen (secondary N) is 1. The SMILES string of the molecule is Cc1ccccc1C(=O)N1CCNC[C@H]1C. The average molecular weight is 218 g/mol. The summed E-state index contributed by atoms with van der Waals surface area (Å²) in [4.78, 5) is 14.3. The van der Waals surface area contributed by atoms with E-state index in [9.17, 15) is 4.79 Å². The van der Waals surface area contributed by atoms with E-state index in [0.29, 0.717) is 0 Å². The van der Waals surface area contributed by atoms with Gasteiger partial charge in [0.2, 0.25) is 0 Å². The van der Waals surface area contributed by atoms with Crippen LogP contribution in [0.15, 0.2) is 24.3 Å².